The maximum atomic E-state index is 12.2. The lowest BCUT2D eigenvalue weighted by Crippen LogP contribution is -2.48. The molecule has 150 valence electrons. The summed E-state index contributed by atoms with van der Waals surface area (Å²) in [6.45, 7) is 9.63. The zero-order chi connectivity index (χ0) is 18.9. The molecule has 0 saturated carbocycles. The van der Waals surface area contributed by atoms with Gasteiger partial charge in [-0.1, -0.05) is 43.7 Å². The molecule has 1 unspecified atom stereocenters. The number of carbonyl (C=O) groups excluding carboxylic acids is 1. The highest BCUT2D eigenvalue weighted by atomic mass is 16.2. The van der Waals surface area contributed by atoms with E-state index in [-0.39, 0.29) is 6.03 Å². The average molecular weight is 373 g/mol. The molecule has 2 heterocycles. The van der Waals surface area contributed by atoms with Crippen LogP contribution in [0.4, 0.5) is 4.79 Å². The Morgan fingerprint density at radius 2 is 1.74 bits per heavy atom. The molecule has 5 heteroatoms. The van der Waals surface area contributed by atoms with Gasteiger partial charge in [0.25, 0.3) is 0 Å². The first kappa shape index (κ1) is 20.2. The first-order chi connectivity index (χ1) is 13.2. The molecular weight excluding hydrogens is 336 g/mol. The minimum Gasteiger partial charge on any atom is -0.338 e. The second-order valence-electron chi connectivity index (χ2n) is 8.36. The molecule has 27 heavy (non-hydrogen) atoms. The molecule has 2 N–H and O–H groups in total. The number of nitrogens with one attached hydrogen (secondary N) is 2. The minimum absolute atomic E-state index is 0.00186. The molecular formula is C22H36N4O. The highest BCUT2D eigenvalue weighted by molar-refractivity contribution is 5.74. The van der Waals surface area contributed by atoms with Crippen molar-refractivity contribution in [2.24, 2.45) is 5.92 Å². The number of likely N-dealkylation sites (tertiary alicyclic amines) is 2. The molecule has 2 amide bonds. The minimum atomic E-state index is 0.00186. The Morgan fingerprint density at radius 3 is 2.44 bits per heavy atom. The molecule has 1 atom stereocenters. The van der Waals surface area contributed by atoms with E-state index in [1.165, 1.54) is 37.9 Å². The molecule has 3 rings (SSSR count). The van der Waals surface area contributed by atoms with Gasteiger partial charge < -0.3 is 15.5 Å². The van der Waals surface area contributed by atoms with E-state index in [0.717, 1.165) is 45.6 Å². The molecule has 2 fully saturated rings. The molecule has 2 saturated heterocycles. The number of amides is 2. The van der Waals surface area contributed by atoms with Crippen molar-refractivity contribution in [3.05, 3.63) is 35.9 Å². The normalized spacial score (nSPS) is 20.9. The highest BCUT2D eigenvalue weighted by Crippen LogP contribution is 2.14. The van der Waals surface area contributed by atoms with Gasteiger partial charge in [0.2, 0.25) is 0 Å². The van der Waals surface area contributed by atoms with Crippen LogP contribution in [-0.2, 0) is 6.54 Å². The summed E-state index contributed by atoms with van der Waals surface area (Å²) in [5, 5.41) is 6.25. The van der Waals surface area contributed by atoms with Crippen LogP contribution in [0.2, 0.25) is 0 Å². The summed E-state index contributed by atoms with van der Waals surface area (Å²) >= 11 is 0. The SMILES string of the molecule is CC(CNC(=O)NC1CCN(Cc2ccccc2)CC1)CN1CCCCC1. The molecule has 0 spiro atoms. The van der Waals surface area contributed by atoms with Crippen LogP contribution in [0.15, 0.2) is 30.3 Å². The lowest BCUT2D eigenvalue weighted by molar-refractivity contribution is 0.183. The van der Waals surface area contributed by atoms with Crippen molar-refractivity contribution in [3.63, 3.8) is 0 Å². The van der Waals surface area contributed by atoms with Gasteiger partial charge in [0.05, 0.1) is 0 Å². The largest absolute Gasteiger partial charge is 0.338 e. The fourth-order valence-corrected chi connectivity index (χ4v) is 4.23. The second kappa shape index (κ2) is 10.7. The fraction of sp³-hybridized carbons (Fsp3) is 0.682. The van der Waals surface area contributed by atoms with Crippen molar-refractivity contribution in [2.75, 3.05) is 39.3 Å². The van der Waals surface area contributed by atoms with E-state index < -0.39 is 0 Å². The summed E-state index contributed by atoms with van der Waals surface area (Å²) in [4.78, 5) is 17.2. The first-order valence-electron chi connectivity index (χ1n) is 10.7. The highest BCUT2D eigenvalue weighted by Gasteiger charge is 2.21. The maximum Gasteiger partial charge on any atom is 0.315 e. The molecule has 2 aliphatic rings. The summed E-state index contributed by atoms with van der Waals surface area (Å²) in [5.41, 5.74) is 1.37. The number of nitrogens with zero attached hydrogens (tertiary/aromatic N) is 2. The van der Waals surface area contributed by atoms with Crippen LogP contribution in [-0.4, -0.2) is 61.1 Å². The van der Waals surface area contributed by atoms with Gasteiger partial charge in [-0.15, -0.1) is 0 Å². The third-order valence-electron chi connectivity index (χ3n) is 5.80. The van der Waals surface area contributed by atoms with E-state index in [4.69, 9.17) is 0 Å². The van der Waals surface area contributed by atoms with Gasteiger partial charge in [-0.05, 0) is 50.3 Å². The summed E-state index contributed by atoms with van der Waals surface area (Å²) in [7, 11) is 0. The number of benzene rings is 1. The Kier molecular flexibility index (Phi) is 7.96. The summed E-state index contributed by atoms with van der Waals surface area (Å²) < 4.78 is 0. The lowest BCUT2D eigenvalue weighted by Gasteiger charge is -2.32. The van der Waals surface area contributed by atoms with E-state index in [2.05, 4.69) is 57.7 Å². The zero-order valence-electron chi connectivity index (χ0n) is 16.8. The van der Waals surface area contributed by atoms with Gasteiger partial charge in [0, 0.05) is 38.8 Å². The fourth-order valence-electron chi connectivity index (χ4n) is 4.23. The summed E-state index contributed by atoms with van der Waals surface area (Å²) in [6, 6.07) is 10.9. The van der Waals surface area contributed by atoms with E-state index in [9.17, 15) is 4.79 Å². The van der Waals surface area contributed by atoms with Crippen LogP contribution in [0.5, 0.6) is 0 Å². The molecule has 0 aliphatic carbocycles. The third kappa shape index (κ3) is 7.15. The number of carbonyl (C=O) groups is 1. The van der Waals surface area contributed by atoms with E-state index in [1.54, 1.807) is 0 Å². The predicted octanol–water partition coefficient (Wildman–Crippen LogP) is 3.07. The van der Waals surface area contributed by atoms with Gasteiger partial charge in [0.15, 0.2) is 0 Å². The lowest BCUT2D eigenvalue weighted by atomic mass is 10.0. The first-order valence-corrected chi connectivity index (χ1v) is 10.7. The molecule has 0 aromatic heterocycles. The second-order valence-corrected chi connectivity index (χ2v) is 8.36. The standard InChI is InChI=1S/C22H36N4O/c1-19(17-25-12-6-3-7-13-25)16-23-22(27)24-21-10-14-26(15-11-21)18-20-8-4-2-5-9-20/h2,4-5,8-9,19,21H,3,6-7,10-18H2,1H3,(H2,23,24,27). The molecule has 0 radical (unpaired) electrons. The topological polar surface area (TPSA) is 47.6 Å². The van der Waals surface area contributed by atoms with Crippen molar-refractivity contribution < 1.29 is 4.79 Å². The maximum absolute atomic E-state index is 12.2. The van der Waals surface area contributed by atoms with Crippen molar-refractivity contribution in [3.8, 4) is 0 Å². The van der Waals surface area contributed by atoms with Gasteiger partial charge in [-0.25, -0.2) is 4.79 Å². The number of hydrogen-bond donors (Lipinski definition) is 2. The Balaban J connectivity index is 1.28. The summed E-state index contributed by atoms with van der Waals surface area (Å²) in [5.74, 6) is 0.501. The van der Waals surface area contributed by atoms with Gasteiger partial charge in [-0.3, -0.25) is 4.90 Å². The molecule has 1 aromatic carbocycles. The van der Waals surface area contributed by atoms with Crippen LogP contribution in [0.25, 0.3) is 0 Å². The Morgan fingerprint density at radius 1 is 1.04 bits per heavy atom. The molecule has 1 aromatic rings. The van der Waals surface area contributed by atoms with Crippen molar-refractivity contribution in [2.45, 2.75) is 51.6 Å². The molecule has 2 aliphatic heterocycles. The average Bonchev–Trinajstić information content (AvgIpc) is 2.70. The zero-order valence-corrected chi connectivity index (χ0v) is 16.8. The van der Waals surface area contributed by atoms with Crippen molar-refractivity contribution >= 4 is 6.03 Å². The van der Waals surface area contributed by atoms with Crippen molar-refractivity contribution in [1.29, 1.82) is 0 Å². The smallest absolute Gasteiger partial charge is 0.315 e. The van der Waals surface area contributed by atoms with Crippen LogP contribution in [0.3, 0.4) is 0 Å². The number of piperidine rings is 2. The van der Waals surface area contributed by atoms with E-state index in [0.29, 0.717) is 12.0 Å². The quantitative estimate of drug-likeness (QED) is 0.773. The van der Waals surface area contributed by atoms with Gasteiger partial charge in [0.1, 0.15) is 0 Å². The van der Waals surface area contributed by atoms with E-state index >= 15 is 0 Å². The third-order valence-corrected chi connectivity index (χ3v) is 5.80. The van der Waals surface area contributed by atoms with E-state index in [1.807, 2.05) is 0 Å². The number of urea groups is 1. The van der Waals surface area contributed by atoms with Crippen molar-refractivity contribution in [1.82, 2.24) is 20.4 Å². The molecule has 0 bridgehead atoms. The van der Waals surface area contributed by atoms with Gasteiger partial charge >= 0.3 is 6.03 Å². The monoisotopic (exact) mass is 372 g/mol. The Hall–Kier alpha value is -1.59. The Labute approximate surface area is 164 Å². The number of rotatable bonds is 7. The predicted molar refractivity (Wildman–Crippen MR) is 111 cm³/mol. The van der Waals surface area contributed by atoms with Crippen LogP contribution < -0.4 is 10.6 Å². The van der Waals surface area contributed by atoms with Gasteiger partial charge in [-0.2, -0.15) is 0 Å². The van der Waals surface area contributed by atoms with Crippen LogP contribution >= 0.6 is 0 Å². The van der Waals surface area contributed by atoms with Crippen LogP contribution in [0.1, 0.15) is 44.6 Å². The molecule has 5 nitrogen and oxygen atoms in total. The summed E-state index contributed by atoms with van der Waals surface area (Å²) in [6.07, 6.45) is 6.08. The Bertz CT molecular complexity index is 551. The van der Waals surface area contributed by atoms with Crippen LogP contribution in [0, 0.1) is 5.92 Å². The number of hydrogen-bond acceptors (Lipinski definition) is 3.